The molecule has 0 aromatic heterocycles. The molecule has 11 heteroatoms. The predicted molar refractivity (Wildman–Crippen MR) is 160 cm³/mol. The Morgan fingerprint density at radius 1 is 0.976 bits per heavy atom. The van der Waals surface area contributed by atoms with Crippen molar-refractivity contribution in [1.29, 1.82) is 0 Å². The van der Waals surface area contributed by atoms with Crippen molar-refractivity contribution in [2.24, 2.45) is 16.5 Å². The van der Waals surface area contributed by atoms with E-state index in [4.69, 9.17) is 42.0 Å². The molecule has 5 atom stereocenters. The lowest BCUT2D eigenvalue weighted by atomic mass is 9.96. The van der Waals surface area contributed by atoms with Crippen molar-refractivity contribution in [2.75, 3.05) is 20.3 Å². The molecule has 1 amide bonds. The van der Waals surface area contributed by atoms with Crippen LogP contribution in [0.3, 0.4) is 0 Å². The molecule has 3 aromatic rings. The van der Waals surface area contributed by atoms with Gasteiger partial charge < -0.3 is 40.8 Å². The Labute approximate surface area is 250 Å². The van der Waals surface area contributed by atoms with Crippen LogP contribution in [0, 0.1) is 0 Å². The van der Waals surface area contributed by atoms with Crippen LogP contribution in [0.25, 0.3) is 11.1 Å². The van der Waals surface area contributed by atoms with Gasteiger partial charge in [-0.2, -0.15) is 0 Å². The van der Waals surface area contributed by atoms with Gasteiger partial charge in [0.2, 0.25) is 5.91 Å². The molecule has 42 heavy (non-hydrogen) atoms. The largest absolute Gasteiger partial charge is 0.388 e. The van der Waals surface area contributed by atoms with E-state index in [1.54, 1.807) is 12.1 Å². The Hall–Kier alpha value is -3.51. The Morgan fingerprint density at radius 3 is 2.29 bits per heavy atom. The Balaban J connectivity index is 1.44. The first-order chi connectivity index (χ1) is 20.3. The highest BCUT2D eigenvalue weighted by Crippen LogP contribution is 2.27. The number of guanidine groups is 1. The number of hydrogen-bond acceptors (Lipinski definition) is 7. The van der Waals surface area contributed by atoms with Gasteiger partial charge in [0.25, 0.3) is 0 Å². The smallest absolute Gasteiger partial charge is 0.222 e. The summed E-state index contributed by atoms with van der Waals surface area (Å²) in [5.41, 5.74) is 14.8. The molecule has 3 aromatic carbocycles. The van der Waals surface area contributed by atoms with E-state index in [9.17, 15) is 9.90 Å². The lowest BCUT2D eigenvalue weighted by molar-refractivity contribution is -0.279. The molecule has 0 bridgehead atoms. The first kappa shape index (κ1) is 31.4. The number of aliphatic hydroxyl groups excluding tert-OH is 1. The van der Waals surface area contributed by atoms with Gasteiger partial charge in [0.15, 0.2) is 12.2 Å². The highest BCUT2D eigenvalue weighted by Gasteiger charge is 2.47. The number of ether oxygens (including phenoxy) is 4. The zero-order valence-electron chi connectivity index (χ0n) is 23.4. The van der Waals surface area contributed by atoms with Crippen molar-refractivity contribution in [3.8, 4) is 11.1 Å². The molecular formula is C31H37ClN4O6. The highest BCUT2D eigenvalue weighted by atomic mass is 35.5. The second-order valence-electron chi connectivity index (χ2n) is 9.90. The summed E-state index contributed by atoms with van der Waals surface area (Å²) in [5.74, 6) is -0.448. The third kappa shape index (κ3) is 8.99. The molecule has 1 unspecified atom stereocenters. The van der Waals surface area contributed by atoms with Crippen molar-refractivity contribution in [1.82, 2.24) is 5.32 Å². The molecule has 1 saturated heterocycles. The summed E-state index contributed by atoms with van der Waals surface area (Å²) in [7, 11) is 1.46. The van der Waals surface area contributed by atoms with E-state index in [1.807, 2.05) is 66.7 Å². The minimum Gasteiger partial charge on any atom is -0.388 e. The van der Waals surface area contributed by atoms with E-state index in [1.165, 1.54) is 7.11 Å². The molecule has 0 aliphatic carbocycles. The number of amides is 1. The van der Waals surface area contributed by atoms with Crippen molar-refractivity contribution >= 4 is 23.5 Å². The van der Waals surface area contributed by atoms with Crippen molar-refractivity contribution in [3.63, 3.8) is 0 Å². The van der Waals surface area contributed by atoms with Crippen molar-refractivity contribution in [3.05, 3.63) is 95.0 Å². The number of carbonyl (C=O) groups excluding carboxylic acids is 1. The van der Waals surface area contributed by atoms with Crippen LogP contribution in [0.15, 0.2) is 83.9 Å². The van der Waals surface area contributed by atoms with Crippen LogP contribution in [0.4, 0.5) is 0 Å². The second-order valence-corrected chi connectivity index (χ2v) is 10.3. The lowest BCUT2D eigenvalue weighted by Gasteiger charge is -2.44. The summed E-state index contributed by atoms with van der Waals surface area (Å²) in [6.45, 7) is 0.680. The highest BCUT2D eigenvalue weighted by molar-refractivity contribution is 6.30. The van der Waals surface area contributed by atoms with Gasteiger partial charge in [-0.15, -0.1) is 0 Å². The summed E-state index contributed by atoms with van der Waals surface area (Å²) >= 11 is 5.97. The van der Waals surface area contributed by atoms with Crippen LogP contribution in [0.2, 0.25) is 5.02 Å². The predicted octanol–water partition coefficient (Wildman–Crippen LogP) is 2.99. The molecule has 224 valence electrons. The minimum atomic E-state index is -1.10. The number of carbonyl (C=O) groups is 1. The third-order valence-corrected chi connectivity index (χ3v) is 7.10. The molecule has 0 saturated carbocycles. The van der Waals surface area contributed by atoms with E-state index in [0.717, 1.165) is 22.3 Å². The Bertz CT molecular complexity index is 1290. The van der Waals surface area contributed by atoms with Crippen LogP contribution in [0.1, 0.15) is 17.5 Å². The standard InChI is InChI=1S/C31H37ClN4O6/c1-39-29-27(36-26(37)15-16-35-31(33)34)30(41-18-21-7-11-23(12-8-21)22-5-3-2-4-6-22)42-25(28(29)38)19-40-17-20-9-13-24(32)14-10-20/h2-14,25,27-30,38H,15-19H2,1H3,(H,36,37)(H4,33,34,35)/t25-,27-,28-,29-,30?/m1/s1. The average molecular weight is 597 g/mol. The maximum atomic E-state index is 12.7. The summed E-state index contributed by atoms with van der Waals surface area (Å²) < 4.78 is 23.9. The molecule has 1 aliphatic heterocycles. The topological polar surface area (TPSA) is 151 Å². The minimum absolute atomic E-state index is 0.0300. The fourth-order valence-corrected chi connectivity index (χ4v) is 4.78. The number of nitrogens with two attached hydrogens (primary N) is 2. The number of benzene rings is 3. The normalized spacial score (nSPS) is 21.9. The summed E-state index contributed by atoms with van der Waals surface area (Å²) in [5, 5.41) is 14.6. The van der Waals surface area contributed by atoms with Crippen LogP contribution < -0.4 is 16.8 Å². The average Bonchev–Trinajstić information content (AvgIpc) is 2.99. The maximum Gasteiger partial charge on any atom is 0.222 e. The Kier molecular flexibility index (Phi) is 11.7. The van der Waals surface area contributed by atoms with Crippen LogP contribution in [-0.4, -0.2) is 67.9 Å². The van der Waals surface area contributed by atoms with Gasteiger partial charge >= 0.3 is 0 Å². The quantitative estimate of drug-likeness (QED) is 0.174. The fourth-order valence-electron chi connectivity index (χ4n) is 4.65. The first-order valence-corrected chi connectivity index (χ1v) is 14.0. The van der Waals surface area contributed by atoms with Gasteiger partial charge in [-0.25, -0.2) is 0 Å². The number of rotatable bonds is 13. The zero-order chi connectivity index (χ0) is 29.9. The third-order valence-electron chi connectivity index (χ3n) is 6.85. The van der Waals surface area contributed by atoms with E-state index in [-0.39, 0.29) is 38.0 Å². The second kappa shape index (κ2) is 15.6. The number of aliphatic hydroxyl groups is 1. The number of hydrogen-bond donors (Lipinski definition) is 4. The Morgan fingerprint density at radius 2 is 1.62 bits per heavy atom. The number of nitrogens with zero attached hydrogens (tertiary/aromatic N) is 1. The molecule has 10 nitrogen and oxygen atoms in total. The zero-order valence-corrected chi connectivity index (χ0v) is 24.2. The van der Waals surface area contributed by atoms with Gasteiger partial charge in [-0.1, -0.05) is 78.3 Å². The monoisotopic (exact) mass is 596 g/mol. The van der Waals surface area contributed by atoms with Crippen LogP contribution in [0.5, 0.6) is 0 Å². The molecule has 0 spiro atoms. The molecule has 0 radical (unpaired) electrons. The van der Waals surface area contributed by atoms with Gasteiger partial charge in [0.1, 0.15) is 24.4 Å². The first-order valence-electron chi connectivity index (χ1n) is 13.6. The number of nitrogens with one attached hydrogen (secondary N) is 1. The number of halogens is 1. The van der Waals surface area contributed by atoms with E-state index < -0.39 is 30.6 Å². The molecule has 4 rings (SSSR count). The molecule has 1 heterocycles. The molecule has 1 fully saturated rings. The van der Waals surface area contributed by atoms with Crippen molar-refractivity contribution in [2.45, 2.75) is 50.3 Å². The number of methoxy groups -OCH3 is 1. The fraction of sp³-hybridized carbons (Fsp3) is 0.355. The van der Waals surface area contributed by atoms with Gasteiger partial charge in [-0.05, 0) is 34.4 Å². The van der Waals surface area contributed by atoms with E-state index in [0.29, 0.717) is 11.6 Å². The lowest BCUT2D eigenvalue weighted by Crippen LogP contribution is -2.65. The van der Waals surface area contributed by atoms with Gasteiger partial charge in [0.05, 0.1) is 26.4 Å². The summed E-state index contributed by atoms with van der Waals surface area (Å²) in [6.07, 6.45) is -3.62. The van der Waals surface area contributed by atoms with Gasteiger partial charge in [0, 0.05) is 18.6 Å². The molecular weight excluding hydrogens is 560 g/mol. The maximum absolute atomic E-state index is 12.7. The summed E-state index contributed by atoms with van der Waals surface area (Å²) in [6, 6.07) is 24.5. The van der Waals surface area contributed by atoms with Crippen molar-refractivity contribution < 1.29 is 28.8 Å². The van der Waals surface area contributed by atoms with E-state index >= 15 is 0 Å². The molecule has 1 aliphatic rings. The number of aliphatic imine (C=N–C) groups is 1. The SMILES string of the molecule is CO[C@H]1[C@H](O)[C@@H](COCc2ccc(Cl)cc2)OC(OCc2ccc(-c3ccccc3)cc2)[C@@H]1NC(=O)CCN=C(N)N. The van der Waals surface area contributed by atoms with Crippen LogP contribution in [-0.2, 0) is 37.0 Å². The van der Waals surface area contributed by atoms with Crippen LogP contribution >= 0.6 is 11.6 Å². The van der Waals surface area contributed by atoms with E-state index in [2.05, 4.69) is 10.3 Å². The van der Waals surface area contributed by atoms with Gasteiger partial charge in [-0.3, -0.25) is 9.79 Å². The molecule has 6 N–H and O–H groups in total. The summed E-state index contributed by atoms with van der Waals surface area (Å²) in [4.78, 5) is 16.6.